The van der Waals surface area contributed by atoms with Crippen LogP contribution in [0.3, 0.4) is 0 Å². The number of ether oxygens (including phenoxy) is 2. The average molecular weight is 623 g/mol. The summed E-state index contributed by atoms with van der Waals surface area (Å²) in [4.78, 5) is 0. The maximum absolute atomic E-state index is 14.8. The third-order valence-electron chi connectivity index (χ3n) is 6.36. The molecule has 230 valence electrons. The molecular weight excluding hydrogens is 599 g/mol. The predicted molar refractivity (Wildman–Crippen MR) is 145 cm³/mol. The normalized spacial score (nSPS) is 11.6. The minimum atomic E-state index is -5.43. The van der Waals surface area contributed by atoms with Crippen LogP contribution in [0.1, 0.15) is 48.4 Å². The summed E-state index contributed by atoms with van der Waals surface area (Å²) >= 11 is 0. The Kier molecular flexibility index (Phi) is 9.82. The van der Waals surface area contributed by atoms with Gasteiger partial charge >= 0.3 is 12.5 Å². The van der Waals surface area contributed by atoms with Crippen LogP contribution in [0.4, 0.5) is 39.5 Å². The largest absolute Gasteiger partial charge is 0.573 e. The lowest BCUT2D eigenvalue weighted by Gasteiger charge is -2.19. The summed E-state index contributed by atoms with van der Waals surface area (Å²) in [5.74, 6) is -3.91. The second kappa shape index (κ2) is 13.4. The van der Waals surface area contributed by atoms with E-state index in [0.717, 1.165) is 43.4 Å². The molecule has 44 heavy (non-hydrogen) atoms. The zero-order valence-electron chi connectivity index (χ0n) is 23.0. The Morgan fingerprint density at radius 3 is 1.66 bits per heavy atom. The quantitative estimate of drug-likeness (QED) is 0.105. The Morgan fingerprint density at radius 1 is 0.636 bits per heavy atom. The molecule has 4 aromatic rings. The van der Waals surface area contributed by atoms with Gasteiger partial charge in [0.2, 0.25) is 5.75 Å². The topological polar surface area (TPSA) is 18.5 Å². The number of rotatable bonds is 9. The minimum Gasteiger partial charge on any atom is -0.429 e. The van der Waals surface area contributed by atoms with Crippen molar-refractivity contribution >= 4 is 0 Å². The van der Waals surface area contributed by atoms with Crippen LogP contribution in [0.2, 0.25) is 0 Å². The molecule has 0 aliphatic rings. The maximum Gasteiger partial charge on any atom is 0.573 e. The van der Waals surface area contributed by atoms with Crippen molar-refractivity contribution in [3.8, 4) is 34.5 Å². The number of hydrogen-bond acceptors (Lipinski definition) is 2. The van der Waals surface area contributed by atoms with E-state index < -0.39 is 63.9 Å². The maximum atomic E-state index is 14.8. The number of halogens is 9. The first-order chi connectivity index (χ1) is 20.8. The summed E-state index contributed by atoms with van der Waals surface area (Å²) in [5.41, 5.74) is -0.238. The van der Waals surface area contributed by atoms with Crippen LogP contribution < -0.4 is 9.47 Å². The summed E-state index contributed by atoms with van der Waals surface area (Å²) in [5, 5.41) is 0. The van der Waals surface area contributed by atoms with Gasteiger partial charge in [-0.2, -0.15) is 8.78 Å². The van der Waals surface area contributed by atoms with Crippen LogP contribution in [0, 0.1) is 35.1 Å². The van der Waals surface area contributed by atoms with E-state index in [1.807, 2.05) is 24.3 Å². The van der Waals surface area contributed by atoms with Gasteiger partial charge < -0.3 is 9.47 Å². The van der Waals surface area contributed by atoms with Crippen molar-refractivity contribution in [3.05, 3.63) is 118 Å². The van der Waals surface area contributed by atoms with Gasteiger partial charge in [0, 0.05) is 23.3 Å². The van der Waals surface area contributed by atoms with Crippen molar-refractivity contribution in [2.24, 2.45) is 0 Å². The van der Waals surface area contributed by atoms with Gasteiger partial charge in [-0.15, -0.1) is 13.2 Å². The van der Waals surface area contributed by atoms with Crippen molar-refractivity contribution in [2.45, 2.75) is 45.1 Å². The Balaban J connectivity index is 1.47. The summed E-state index contributed by atoms with van der Waals surface area (Å²) in [6.45, 7) is 2.13. The first kappa shape index (κ1) is 32.3. The predicted octanol–water partition coefficient (Wildman–Crippen LogP) is 10.1. The second-order valence-electron chi connectivity index (χ2n) is 9.68. The molecule has 0 radical (unpaired) electrons. The third-order valence-corrected chi connectivity index (χ3v) is 6.36. The second-order valence-corrected chi connectivity index (χ2v) is 9.68. The lowest BCUT2D eigenvalue weighted by Crippen LogP contribution is -2.22. The van der Waals surface area contributed by atoms with Gasteiger partial charge in [-0.05, 0) is 72.5 Å². The van der Waals surface area contributed by atoms with E-state index in [1.165, 1.54) is 17.7 Å². The highest BCUT2D eigenvalue weighted by molar-refractivity contribution is 5.67. The molecular formula is C33H23F9O2. The van der Waals surface area contributed by atoms with Crippen molar-refractivity contribution in [1.82, 2.24) is 0 Å². The number of unbranched alkanes of at least 4 members (excludes halogenated alkanes) is 2. The fourth-order valence-electron chi connectivity index (χ4n) is 4.23. The van der Waals surface area contributed by atoms with E-state index in [1.54, 1.807) is 0 Å². The summed E-state index contributed by atoms with van der Waals surface area (Å²) in [6, 6.07) is 13.5. The molecule has 0 heterocycles. The van der Waals surface area contributed by atoms with E-state index in [9.17, 15) is 39.5 Å². The summed E-state index contributed by atoms with van der Waals surface area (Å²) in [6.07, 6.45) is -5.14. The molecule has 11 heteroatoms. The van der Waals surface area contributed by atoms with Crippen LogP contribution in [-0.4, -0.2) is 6.36 Å². The van der Waals surface area contributed by atoms with E-state index >= 15 is 0 Å². The van der Waals surface area contributed by atoms with Crippen LogP contribution >= 0.6 is 0 Å². The molecule has 4 rings (SSSR count). The molecule has 0 spiro atoms. The van der Waals surface area contributed by atoms with Crippen molar-refractivity contribution in [1.29, 1.82) is 0 Å². The zero-order valence-corrected chi connectivity index (χ0v) is 23.0. The molecule has 0 aliphatic carbocycles. The third kappa shape index (κ3) is 8.28. The SMILES string of the molecule is CCCCCc1ccc(C#Cc2ccc(C(F)(F)Oc3cc(F)c(-c4cc(F)c(OC(F)(F)F)c(F)c4)c(F)c3)cc2)cc1. The lowest BCUT2D eigenvalue weighted by atomic mass is 10.0. The summed E-state index contributed by atoms with van der Waals surface area (Å²) < 4.78 is 132. The number of hydrogen-bond donors (Lipinski definition) is 0. The van der Waals surface area contributed by atoms with Gasteiger partial charge in [-0.25, -0.2) is 17.6 Å². The highest BCUT2D eigenvalue weighted by Crippen LogP contribution is 2.38. The van der Waals surface area contributed by atoms with Gasteiger partial charge in [0.25, 0.3) is 0 Å². The summed E-state index contributed by atoms with van der Waals surface area (Å²) in [7, 11) is 0. The Labute approximate surface area is 247 Å². The van der Waals surface area contributed by atoms with Crippen molar-refractivity contribution < 1.29 is 49.0 Å². The first-order valence-corrected chi connectivity index (χ1v) is 13.3. The molecule has 0 amide bonds. The van der Waals surface area contributed by atoms with E-state index in [4.69, 9.17) is 0 Å². The molecule has 0 aliphatic heterocycles. The molecule has 0 atom stereocenters. The first-order valence-electron chi connectivity index (χ1n) is 13.3. The number of aryl methyl sites for hydroxylation is 1. The van der Waals surface area contributed by atoms with E-state index in [2.05, 4.69) is 28.2 Å². The Bertz CT molecular complexity index is 1620. The van der Waals surface area contributed by atoms with E-state index in [0.29, 0.717) is 17.7 Å². The van der Waals surface area contributed by atoms with Crippen LogP contribution in [-0.2, 0) is 12.5 Å². The fraction of sp³-hybridized carbons (Fsp3) is 0.212. The molecule has 0 saturated heterocycles. The monoisotopic (exact) mass is 622 g/mol. The van der Waals surface area contributed by atoms with Crippen LogP contribution in [0.25, 0.3) is 11.1 Å². The smallest absolute Gasteiger partial charge is 0.429 e. The molecule has 0 bridgehead atoms. The average Bonchev–Trinajstić information content (AvgIpc) is 2.94. The van der Waals surface area contributed by atoms with Gasteiger partial charge in [-0.3, -0.25) is 0 Å². The van der Waals surface area contributed by atoms with E-state index in [-0.39, 0.29) is 12.1 Å². The molecule has 0 unspecified atom stereocenters. The van der Waals surface area contributed by atoms with Crippen molar-refractivity contribution in [3.63, 3.8) is 0 Å². The van der Waals surface area contributed by atoms with Crippen LogP contribution in [0.5, 0.6) is 11.5 Å². The van der Waals surface area contributed by atoms with Crippen LogP contribution in [0.15, 0.2) is 72.8 Å². The van der Waals surface area contributed by atoms with Crippen molar-refractivity contribution in [2.75, 3.05) is 0 Å². The minimum absolute atomic E-state index is 0.203. The van der Waals surface area contributed by atoms with Gasteiger partial charge in [-0.1, -0.05) is 43.7 Å². The standard InChI is InChI=1S/C33H23F9O2/c1-2-3-4-5-20-6-8-21(9-7-20)10-11-22-12-14-24(15-13-22)32(38,39)43-25-18-26(34)30(27(35)19-25)23-16-28(36)31(29(37)17-23)44-33(40,41)42/h6-9,12-19H,2-5H2,1H3. The van der Waals surface area contributed by atoms with Gasteiger partial charge in [0.1, 0.15) is 17.4 Å². The lowest BCUT2D eigenvalue weighted by molar-refractivity contribution is -0.276. The van der Waals surface area contributed by atoms with Gasteiger partial charge in [0.05, 0.1) is 11.1 Å². The molecule has 0 fully saturated rings. The Morgan fingerprint density at radius 2 is 1.16 bits per heavy atom. The molecule has 0 saturated carbocycles. The highest BCUT2D eigenvalue weighted by atomic mass is 19.4. The molecule has 0 aromatic heterocycles. The zero-order chi connectivity index (χ0) is 32.1. The Hall–Kier alpha value is -4.59. The fourth-order valence-corrected chi connectivity index (χ4v) is 4.23. The number of alkyl halides is 5. The highest BCUT2D eigenvalue weighted by Gasteiger charge is 2.36. The van der Waals surface area contributed by atoms with Gasteiger partial charge in [0.15, 0.2) is 11.6 Å². The molecule has 0 N–H and O–H groups in total. The number of benzene rings is 4. The molecule has 4 aromatic carbocycles. The molecule has 2 nitrogen and oxygen atoms in total.